The maximum absolute atomic E-state index is 12.8. The molecule has 134 valence electrons. The molecule has 0 unspecified atom stereocenters. The van der Waals surface area contributed by atoms with Crippen molar-refractivity contribution in [3.63, 3.8) is 0 Å². The number of carbonyl (C=O) groups excluding carboxylic acids is 2. The van der Waals surface area contributed by atoms with Crippen LogP contribution in [0.25, 0.3) is 0 Å². The first-order chi connectivity index (χ1) is 12.3. The van der Waals surface area contributed by atoms with Crippen molar-refractivity contribution >= 4 is 69.6 Å². The van der Waals surface area contributed by atoms with Crippen molar-refractivity contribution in [1.29, 1.82) is 0 Å². The molecular weight excluding hydrogens is 422 g/mol. The van der Waals surface area contributed by atoms with Gasteiger partial charge in [0.15, 0.2) is 0 Å². The fourth-order valence-electron chi connectivity index (χ4n) is 2.41. The molecule has 26 heavy (non-hydrogen) atoms. The third-order valence-electron chi connectivity index (χ3n) is 3.62. The summed E-state index contributed by atoms with van der Waals surface area (Å²) in [7, 11) is 1.46. The lowest BCUT2D eigenvalue weighted by molar-refractivity contribution is -0.120. The van der Waals surface area contributed by atoms with Gasteiger partial charge in [0.25, 0.3) is 11.8 Å². The van der Waals surface area contributed by atoms with Gasteiger partial charge in [0.05, 0.1) is 28.5 Å². The number of halogens is 4. The van der Waals surface area contributed by atoms with E-state index in [4.69, 9.17) is 51.1 Å². The molecule has 0 spiro atoms. The Morgan fingerprint density at radius 2 is 1.73 bits per heavy atom. The van der Waals surface area contributed by atoms with Gasteiger partial charge in [0.2, 0.25) is 0 Å². The maximum atomic E-state index is 12.8. The molecule has 1 heterocycles. The van der Waals surface area contributed by atoms with Crippen molar-refractivity contribution in [3.05, 3.63) is 62.2 Å². The molecule has 1 aliphatic rings. The second-order valence-corrected chi connectivity index (χ2v) is 6.78. The minimum absolute atomic E-state index is 0.0712. The Balaban J connectivity index is 2.00. The molecule has 2 aromatic rings. The molecule has 2 aromatic carbocycles. The van der Waals surface area contributed by atoms with Crippen molar-refractivity contribution in [1.82, 2.24) is 0 Å². The number of hydrogen-bond donors (Lipinski definition) is 1. The van der Waals surface area contributed by atoms with Crippen LogP contribution in [0, 0.1) is 0 Å². The van der Waals surface area contributed by atoms with Crippen LogP contribution in [0.3, 0.4) is 0 Å². The Labute approximate surface area is 169 Å². The van der Waals surface area contributed by atoms with E-state index < -0.39 is 11.8 Å². The second-order valence-electron chi connectivity index (χ2n) is 5.18. The predicted molar refractivity (Wildman–Crippen MR) is 103 cm³/mol. The largest absolute Gasteiger partial charge is 0.495 e. The predicted octanol–water partition coefficient (Wildman–Crippen LogP) is 5.09. The molecule has 0 radical (unpaired) electrons. The van der Waals surface area contributed by atoms with Crippen LogP contribution in [0.1, 0.15) is 0 Å². The Kier molecular flexibility index (Phi) is 5.34. The average molecular weight is 432 g/mol. The smallest absolute Gasteiger partial charge is 0.283 e. The molecule has 0 fully saturated rings. The van der Waals surface area contributed by atoms with Crippen LogP contribution in [-0.2, 0) is 9.59 Å². The minimum atomic E-state index is -0.718. The van der Waals surface area contributed by atoms with Crippen molar-refractivity contribution in [2.75, 3.05) is 17.3 Å². The number of nitrogens with one attached hydrogen (secondary N) is 1. The van der Waals surface area contributed by atoms with E-state index in [0.717, 1.165) is 4.90 Å². The maximum Gasteiger partial charge on any atom is 0.283 e. The van der Waals surface area contributed by atoms with Crippen LogP contribution in [-0.4, -0.2) is 18.9 Å². The first-order valence-corrected chi connectivity index (χ1v) is 8.69. The van der Waals surface area contributed by atoms with Crippen molar-refractivity contribution < 1.29 is 14.3 Å². The van der Waals surface area contributed by atoms with E-state index in [1.54, 1.807) is 30.3 Å². The molecule has 0 saturated heterocycles. The van der Waals surface area contributed by atoms with Crippen LogP contribution in [0.15, 0.2) is 47.1 Å². The normalized spacial score (nSPS) is 14.3. The number of imide groups is 1. The van der Waals surface area contributed by atoms with Crippen molar-refractivity contribution in [2.24, 2.45) is 0 Å². The van der Waals surface area contributed by atoms with E-state index in [0.29, 0.717) is 16.5 Å². The van der Waals surface area contributed by atoms with Crippen LogP contribution in [0.2, 0.25) is 15.1 Å². The first-order valence-electron chi connectivity index (χ1n) is 7.18. The van der Waals surface area contributed by atoms with Crippen LogP contribution >= 0.6 is 46.4 Å². The first kappa shape index (κ1) is 18.9. The molecule has 2 amide bonds. The number of anilines is 2. The third kappa shape index (κ3) is 3.23. The number of benzene rings is 2. The minimum Gasteiger partial charge on any atom is -0.495 e. The van der Waals surface area contributed by atoms with Gasteiger partial charge < -0.3 is 10.1 Å². The standard InChI is InChI=1S/C17H10Cl4N2O3/c1-26-12-6-5-8(18)7-10(12)22-15-14(21)16(24)23(17(15)25)11-4-2-3-9(19)13(11)20/h2-7,22H,1H3. The van der Waals surface area contributed by atoms with E-state index in [-0.39, 0.29) is 26.5 Å². The van der Waals surface area contributed by atoms with Crippen molar-refractivity contribution in [2.45, 2.75) is 0 Å². The lowest BCUT2D eigenvalue weighted by atomic mass is 10.2. The van der Waals surface area contributed by atoms with Gasteiger partial charge in [-0.15, -0.1) is 0 Å². The zero-order valence-corrected chi connectivity index (χ0v) is 16.2. The number of amides is 2. The zero-order chi connectivity index (χ0) is 19.0. The number of hydrogen-bond acceptors (Lipinski definition) is 4. The molecule has 1 aliphatic heterocycles. The molecule has 5 nitrogen and oxygen atoms in total. The summed E-state index contributed by atoms with van der Waals surface area (Å²) < 4.78 is 5.22. The average Bonchev–Trinajstić information content (AvgIpc) is 2.81. The fourth-order valence-corrected chi connectivity index (χ4v) is 3.17. The molecular formula is C17H10Cl4N2O3. The Morgan fingerprint density at radius 3 is 2.42 bits per heavy atom. The summed E-state index contributed by atoms with van der Waals surface area (Å²) in [6, 6.07) is 9.40. The quantitative estimate of drug-likeness (QED) is 0.684. The summed E-state index contributed by atoms with van der Waals surface area (Å²) in [6.45, 7) is 0. The summed E-state index contributed by atoms with van der Waals surface area (Å²) in [5.74, 6) is -0.971. The number of nitrogens with zero attached hydrogens (tertiary/aromatic N) is 1. The summed E-state index contributed by atoms with van der Waals surface area (Å²) in [4.78, 5) is 26.2. The molecule has 9 heteroatoms. The number of ether oxygens (including phenoxy) is 1. The lowest BCUT2D eigenvalue weighted by Gasteiger charge is -2.17. The molecule has 1 N–H and O–H groups in total. The number of methoxy groups -OCH3 is 1. The molecule has 0 saturated carbocycles. The van der Waals surface area contributed by atoms with E-state index in [1.165, 1.54) is 13.2 Å². The fraction of sp³-hybridized carbons (Fsp3) is 0.0588. The van der Waals surface area contributed by atoms with E-state index in [2.05, 4.69) is 5.32 Å². The third-order valence-corrected chi connectivity index (χ3v) is 5.02. The van der Waals surface area contributed by atoms with Gasteiger partial charge in [-0.2, -0.15) is 0 Å². The van der Waals surface area contributed by atoms with Crippen molar-refractivity contribution in [3.8, 4) is 5.75 Å². The summed E-state index contributed by atoms with van der Waals surface area (Å²) in [6.07, 6.45) is 0. The van der Waals surface area contributed by atoms with Gasteiger partial charge in [0.1, 0.15) is 16.5 Å². The van der Waals surface area contributed by atoms with Gasteiger partial charge >= 0.3 is 0 Å². The van der Waals surface area contributed by atoms with E-state index in [9.17, 15) is 9.59 Å². The van der Waals surface area contributed by atoms with Gasteiger partial charge in [-0.25, -0.2) is 4.90 Å². The van der Waals surface area contributed by atoms with Crippen LogP contribution < -0.4 is 15.0 Å². The lowest BCUT2D eigenvalue weighted by Crippen LogP contribution is -2.32. The van der Waals surface area contributed by atoms with Gasteiger partial charge in [-0.3, -0.25) is 9.59 Å². The monoisotopic (exact) mass is 430 g/mol. The van der Waals surface area contributed by atoms with Crippen LogP contribution in [0.4, 0.5) is 11.4 Å². The Hall–Kier alpha value is -1.92. The van der Waals surface area contributed by atoms with Gasteiger partial charge in [-0.05, 0) is 30.3 Å². The SMILES string of the molecule is COc1ccc(Cl)cc1NC1=C(Cl)C(=O)N(c2cccc(Cl)c2Cl)C1=O. The van der Waals surface area contributed by atoms with Crippen LogP contribution in [0.5, 0.6) is 5.75 Å². The Morgan fingerprint density at radius 1 is 1.00 bits per heavy atom. The number of carbonyl (C=O) groups is 2. The molecule has 0 aromatic heterocycles. The molecule has 0 aliphatic carbocycles. The highest BCUT2D eigenvalue weighted by atomic mass is 35.5. The highest BCUT2D eigenvalue weighted by Crippen LogP contribution is 2.38. The second kappa shape index (κ2) is 7.37. The zero-order valence-electron chi connectivity index (χ0n) is 13.1. The summed E-state index contributed by atoms with van der Waals surface area (Å²) in [5.41, 5.74) is 0.406. The van der Waals surface area contributed by atoms with E-state index in [1.807, 2.05) is 0 Å². The Bertz CT molecular complexity index is 959. The molecule has 3 rings (SSSR count). The molecule has 0 bridgehead atoms. The van der Waals surface area contributed by atoms with Gasteiger partial charge in [-0.1, -0.05) is 52.5 Å². The van der Waals surface area contributed by atoms with Gasteiger partial charge in [0, 0.05) is 5.02 Å². The topological polar surface area (TPSA) is 58.6 Å². The summed E-state index contributed by atoms with van der Waals surface area (Å²) in [5, 5.41) is 3.22. The highest BCUT2D eigenvalue weighted by molar-refractivity contribution is 6.54. The number of rotatable bonds is 4. The summed E-state index contributed by atoms with van der Waals surface area (Å²) >= 11 is 24.2. The molecule has 0 atom stereocenters. The highest BCUT2D eigenvalue weighted by Gasteiger charge is 2.40. The van der Waals surface area contributed by atoms with E-state index >= 15 is 0 Å².